The van der Waals surface area contributed by atoms with Gasteiger partial charge in [-0.3, -0.25) is 0 Å². The number of rotatable bonds is 6. The minimum absolute atomic E-state index is 0.349. The van der Waals surface area contributed by atoms with Gasteiger partial charge in [0.1, 0.15) is 0 Å². The Hall–Kier alpha value is -0.350. The van der Waals surface area contributed by atoms with E-state index >= 15 is 0 Å². The fraction of sp³-hybridized carbons (Fsp3) is 0.333. The topological polar surface area (TPSA) is 12.0 Å². The number of aryl methyl sites for hydroxylation is 1. The molecule has 0 saturated heterocycles. The third-order valence-corrected chi connectivity index (χ3v) is 4.61. The van der Waals surface area contributed by atoms with Crippen LogP contribution >= 0.6 is 38.9 Å². The molecule has 2 rings (SSSR count). The van der Waals surface area contributed by atoms with E-state index in [1.807, 2.05) is 23.5 Å². The molecule has 102 valence electrons. The molecule has 0 spiro atoms. The first-order chi connectivity index (χ1) is 9.19. The van der Waals surface area contributed by atoms with Crippen molar-refractivity contribution in [1.82, 2.24) is 5.32 Å². The number of nitrogens with one attached hydrogen (secondary N) is 1. The van der Waals surface area contributed by atoms with Gasteiger partial charge in [0.15, 0.2) is 0 Å². The molecule has 0 aliphatic rings. The van der Waals surface area contributed by atoms with Crippen molar-refractivity contribution < 1.29 is 0 Å². The van der Waals surface area contributed by atoms with Crippen LogP contribution in [0.1, 0.15) is 29.8 Å². The first-order valence-corrected chi connectivity index (χ1v) is 8.46. The molecule has 0 aliphatic heterocycles. The highest BCUT2D eigenvalue weighted by atomic mass is 79.9. The second-order valence-corrected chi connectivity index (χ2v) is 6.82. The lowest BCUT2D eigenvalue weighted by atomic mass is 10.0. The highest BCUT2D eigenvalue weighted by Crippen LogP contribution is 2.27. The molecular weight excluding hydrogens is 342 g/mol. The Morgan fingerprint density at radius 1 is 1.37 bits per heavy atom. The van der Waals surface area contributed by atoms with Crippen molar-refractivity contribution in [3.63, 3.8) is 0 Å². The fourth-order valence-electron chi connectivity index (χ4n) is 2.15. The summed E-state index contributed by atoms with van der Waals surface area (Å²) in [5.74, 6) is 0. The molecule has 0 aliphatic carbocycles. The van der Waals surface area contributed by atoms with E-state index < -0.39 is 0 Å². The number of hydrogen-bond acceptors (Lipinski definition) is 2. The van der Waals surface area contributed by atoms with Crippen molar-refractivity contribution in [2.45, 2.75) is 25.8 Å². The molecule has 4 heteroatoms. The van der Waals surface area contributed by atoms with Gasteiger partial charge in [-0.2, -0.15) is 0 Å². The first-order valence-electron chi connectivity index (χ1n) is 6.40. The van der Waals surface area contributed by atoms with E-state index in [-0.39, 0.29) is 0 Å². The summed E-state index contributed by atoms with van der Waals surface area (Å²) in [6.45, 7) is 3.09. The maximum atomic E-state index is 6.14. The monoisotopic (exact) mass is 357 g/mol. The van der Waals surface area contributed by atoms with Crippen LogP contribution in [0, 0.1) is 0 Å². The van der Waals surface area contributed by atoms with E-state index in [1.54, 1.807) is 0 Å². The summed E-state index contributed by atoms with van der Waals surface area (Å²) in [7, 11) is 0. The van der Waals surface area contributed by atoms with Crippen LogP contribution in [0.3, 0.4) is 0 Å². The quantitative estimate of drug-likeness (QED) is 0.724. The number of halogens is 2. The summed E-state index contributed by atoms with van der Waals surface area (Å²) in [6.07, 6.45) is 2.18. The number of thiophene rings is 1. The Labute approximate surface area is 132 Å². The van der Waals surface area contributed by atoms with Gasteiger partial charge in [-0.05, 0) is 54.6 Å². The van der Waals surface area contributed by atoms with Gasteiger partial charge in [0.05, 0.1) is 0 Å². The maximum Gasteiger partial charge on any atom is 0.0420 e. The Bertz CT molecular complexity index is 493. The van der Waals surface area contributed by atoms with Gasteiger partial charge in [0, 0.05) is 20.4 Å². The van der Waals surface area contributed by atoms with E-state index in [2.05, 4.69) is 51.7 Å². The second kappa shape index (κ2) is 7.44. The van der Waals surface area contributed by atoms with Crippen LogP contribution in [-0.2, 0) is 6.42 Å². The molecule has 1 unspecified atom stereocenters. The van der Waals surface area contributed by atoms with Crippen LogP contribution in [-0.4, -0.2) is 6.54 Å². The number of hydrogen-bond donors (Lipinski definition) is 1. The lowest BCUT2D eigenvalue weighted by molar-refractivity contribution is 0.517. The molecule has 0 bridgehead atoms. The summed E-state index contributed by atoms with van der Waals surface area (Å²) in [5.41, 5.74) is 1.25. The lowest BCUT2D eigenvalue weighted by Crippen LogP contribution is -2.21. The number of benzene rings is 1. The predicted molar refractivity (Wildman–Crippen MR) is 88.2 cm³/mol. The molecule has 1 aromatic carbocycles. The molecule has 0 radical (unpaired) electrons. The summed E-state index contributed by atoms with van der Waals surface area (Å²) < 4.78 is 1.04. The summed E-state index contributed by atoms with van der Waals surface area (Å²) in [5, 5.41) is 6.45. The van der Waals surface area contributed by atoms with E-state index in [0.29, 0.717) is 6.04 Å². The van der Waals surface area contributed by atoms with Crippen molar-refractivity contribution in [2.24, 2.45) is 0 Å². The lowest BCUT2D eigenvalue weighted by Gasteiger charge is -2.18. The highest BCUT2D eigenvalue weighted by molar-refractivity contribution is 9.10. The van der Waals surface area contributed by atoms with Gasteiger partial charge >= 0.3 is 0 Å². The van der Waals surface area contributed by atoms with Gasteiger partial charge < -0.3 is 5.32 Å². The highest BCUT2D eigenvalue weighted by Gasteiger charge is 2.12. The van der Waals surface area contributed by atoms with Gasteiger partial charge in [-0.1, -0.05) is 40.5 Å². The largest absolute Gasteiger partial charge is 0.310 e. The normalized spacial score (nSPS) is 12.6. The predicted octanol–water partition coefficient (Wildman–Crippen LogP) is 5.45. The molecule has 1 heterocycles. The summed E-state index contributed by atoms with van der Waals surface area (Å²) in [6, 6.07) is 10.8. The van der Waals surface area contributed by atoms with Crippen LogP contribution in [0.4, 0.5) is 0 Å². The third-order valence-electron chi connectivity index (χ3n) is 3.00. The molecule has 1 N–H and O–H groups in total. The smallest absolute Gasteiger partial charge is 0.0420 e. The molecule has 1 atom stereocenters. The Morgan fingerprint density at radius 3 is 2.84 bits per heavy atom. The Morgan fingerprint density at radius 2 is 2.21 bits per heavy atom. The SMILES string of the molecule is CCNC(CCc1cccs1)c1cc(Cl)cc(Br)c1. The second-order valence-electron chi connectivity index (χ2n) is 4.43. The summed E-state index contributed by atoms with van der Waals surface area (Å²) in [4.78, 5) is 1.43. The van der Waals surface area contributed by atoms with Gasteiger partial charge in [-0.15, -0.1) is 11.3 Å². The van der Waals surface area contributed by atoms with Crippen LogP contribution in [0.5, 0.6) is 0 Å². The third kappa shape index (κ3) is 4.60. The maximum absolute atomic E-state index is 6.14. The molecule has 1 aromatic heterocycles. The van der Waals surface area contributed by atoms with Crippen molar-refractivity contribution >= 4 is 38.9 Å². The average molecular weight is 359 g/mol. The van der Waals surface area contributed by atoms with Crippen LogP contribution < -0.4 is 5.32 Å². The van der Waals surface area contributed by atoms with Crippen LogP contribution in [0.2, 0.25) is 5.02 Å². The van der Waals surface area contributed by atoms with E-state index in [0.717, 1.165) is 28.9 Å². The zero-order chi connectivity index (χ0) is 13.7. The molecule has 1 nitrogen and oxygen atoms in total. The summed E-state index contributed by atoms with van der Waals surface area (Å²) >= 11 is 11.5. The van der Waals surface area contributed by atoms with E-state index in [4.69, 9.17) is 11.6 Å². The average Bonchev–Trinajstić information content (AvgIpc) is 2.86. The van der Waals surface area contributed by atoms with Gasteiger partial charge in [0.25, 0.3) is 0 Å². The van der Waals surface area contributed by atoms with Gasteiger partial charge in [0.2, 0.25) is 0 Å². The standard InChI is InChI=1S/C15H17BrClNS/c1-2-18-15(6-5-14-4-3-7-19-14)11-8-12(16)10-13(17)9-11/h3-4,7-10,15,18H,2,5-6H2,1H3. The molecule has 2 aromatic rings. The van der Waals surface area contributed by atoms with Crippen LogP contribution in [0.15, 0.2) is 40.2 Å². The molecule has 0 amide bonds. The van der Waals surface area contributed by atoms with E-state index in [9.17, 15) is 0 Å². The van der Waals surface area contributed by atoms with Crippen molar-refractivity contribution in [2.75, 3.05) is 6.54 Å². The van der Waals surface area contributed by atoms with Gasteiger partial charge in [-0.25, -0.2) is 0 Å². The molecule has 19 heavy (non-hydrogen) atoms. The molecule has 0 fully saturated rings. The Kier molecular flexibility index (Phi) is 5.89. The molecule has 0 saturated carbocycles. The van der Waals surface area contributed by atoms with E-state index in [1.165, 1.54) is 10.4 Å². The van der Waals surface area contributed by atoms with Crippen molar-refractivity contribution in [1.29, 1.82) is 0 Å². The minimum atomic E-state index is 0.349. The zero-order valence-electron chi connectivity index (χ0n) is 10.8. The molecular formula is C15H17BrClNS. The first kappa shape index (κ1) is 15.0. The minimum Gasteiger partial charge on any atom is -0.310 e. The Balaban J connectivity index is 2.09. The fourth-order valence-corrected chi connectivity index (χ4v) is 3.76. The van der Waals surface area contributed by atoms with Crippen LogP contribution in [0.25, 0.3) is 0 Å². The van der Waals surface area contributed by atoms with Crippen molar-refractivity contribution in [3.8, 4) is 0 Å². The zero-order valence-corrected chi connectivity index (χ0v) is 14.0. The van der Waals surface area contributed by atoms with Crippen molar-refractivity contribution in [3.05, 3.63) is 55.6 Å².